The van der Waals surface area contributed by atoms with Gasteiger partial charge in [-0.3, -0.25) is 0 Å². The largest absolute Gasteiger partial charge is 0.488 e. The van der Waals surface area contributed by atoms with E-state index in [0.717, 1.165) is 37.7 Å². The number of nitrogens with one attached hydrogen (secondary N) is 1. The van der Waals surface area contributed by atoms with Crippen molar-refractivity contribution in [1.29, 1.82) is 5.26 Å². The molecule has 1 saturated heterocycles. The van der Waals surface area contributed by atoms with Crippen molar-refractivity contribution in [1.82, 2.24) is 29.9 Å². The van der Waals surface area contributed by atoms with Crippen LogP contribution in [0.25, 0.3) is 16.8 Å². The number of halogens is 2. The molecule has 1 atom stereocenters. The van der Waals surface area contributed by atoms with E-state index in [1.807, 2.05) is 11.6 Å². The molecule has 0 spiro atoms. The van der Waals surface area contributed by atoms with Crippen LogP contribution in [-0.4, -0.2) is 49.4 Å². The second kappa shape index (κ2) is 9.40. The molecule has 5 rings (SSSR count). The van der Waals surface area contributed by atoms with Gasteiger partial charge in [-0.05, 0) is 45.0 Å². The highest BCUT2D eigenvalue weighted by Gasteiger charge is 2.23. The number of nitriles is 1. The number of benzene rings is 1. The van der Waals surface area contributed by atoms with Crippen LogP contribution in [0.5, 0.6) is 5.75 Å². The zero-order chi connectivity index (χ0) is 24.5. The maximum atomic E-state index is 14.1. The number of aliphatic hydroxyl groups is 1. The van der Waals surface area contributed by atoms with Crippen molar-refractivity contribution < 1.29 is 18.6 Å². The van der Waals surface area contributed by atoms with E-state index in [-0.39, 0.29) is 29.5 Å². The Morgan fingerprint density at radius 2 is 2.09 bits per heavy atom. The topological polar surface area (TPSA) is 113 Å². The molecular formula is C24H23F2N7O2. The summed E-state index contributed by atoms with van der Waals surface area (Å²) in [5.41, 5.74) is 2.81. The number of aromatic nitrogens is 5. The lowest BCUT2D eigenvalue weighted by molar-refractivity contribution is 0.105. The Hall–Kier alpha value is -3.88. The molecule has 1 aliphatic rings. The molecule has 0 saturated carbocycles. The van der Waals surface area contributed by atoms with Crippen molar-refractivity contribution in [3.05, 3.63) is 65.1 Å². The number of nitrogens with zero attached hydrogens (tertiary/aromatic N) is 6. The third-order valence-corrected chi connectivity index (χ3v) is 6.27. The summed E-state index contributed by atoms with van der Waals surface area (Å²) in [5, 5.41) is 36.4. The van der Waals surface area contributed by atoms with Crippen LogP contribution in [0, 0.1) is 29.9 Å². The van der Waals surface area contributed by atoms with E-state index in [4.69, 9.17) is 4.74 Å². The van der Waals surface area contributed by atoms with Crippen LogP contribution in [0.1, 0.15) is 41.8 Å². The molecular weight excluding hydrogens is 456 g/mol. The van der Waals surface area contributed by atoms with Crippen LogP contribution < -0.4 is 10.1 Å². The Morgan fingerprint density at radius 1 is 1.29 bits per heavy atom. The van der Waals surface area contributed by atoms with Gasteiger partial charge in [0.05, 0.1) is 17.9 Å². The van der Waals surface area contributed by atoms with Gasteiger partial charge >= 0.3 is 0 Å². The van der Waals surface area contributed by atoms with E-state index in [9.17, 15) is 19.1 Å². The van der Waals surface area contributed by atoms with E-state index in [1.54, 1.807) is 12.3 Å². The van der Waals surface area contributed by atoms with Gasteiger partial charge in [0.25, 0.3) is 0 Å². The van der Waals surface area contributed by atoms with E-state index in [1.165, 1.54) is 16.8 Å². The Bertz CT molecular complexity index is 1420. The number of aliphatic hydroxyl groups excluding tert-OH is 1. The van der Waals surface area contributed by atoms with Gasteiger partial charge in [0.15, 0.2) is 0 Å². The average molecular weight is 479 g/mol. The summed E-state index contributed by atoms with van der Waals surface area (Å²) in [7, 11) is 0. The van der Waals surface area contributed by atoms with Crippen molar-refractivity contribution in [2.45, 2.75) is 31.9 Å². The normalized spacial score (nSPS) is 15.3. The first-order valence-corrected chi connectivity index (χ1v) is 11.3. The van der Waals surface area contributed by atoms with Crippen molar-refractivity contribution in [3.8, 4) is 23.1 Å². The fourth-order valence-electron chi connectivity index (χ4n) is 4.44. The Kier molecular flexibility index (Phi) is 6.15. The summed E-state index contributed by atoms with van der Waals surface area (Å²) < 4.78 is 36.6. The molecule has 0 bridgehead atoms. The molecule has 0 amide bonds. The number of pyridine rings is 1. The third kappa shape index (κ3) is 4.34. The van der Waals surface area contributed by atoms with Crippen LogP contribution >= 0.6 is 0 Å². The van der Waals surface area contributed by atoms with E-state index in [2.05, 4.69) is 26.8 Å². The van der Waals surface area contributed by atoms with Crippen LogP contribution in [-0.2, 0) is 0 Å². The number of ether oxygens (including phenoxy) is 1. The Labute approximate surface area is 199 Å². The third-order valence-electron chi connectivity index (χ3n) is 6.27. The van der Waals surface area contributed by atoms with Crippen molar-refractivity contribution in [3.63, 3.8) is 0 Å². The first kappa shape index (κ1) is 22.9. The highest BCUT2D eigenvalue weighted by Crippen LogP contribution is 2.32. The van der Waals surface area contributed by atoms with Crippen molar-refractivity contribution >= 4 is 5.52 Å². The van der Waals surface area contributed by atoms with Gasteiger partial charge in [0.1, 0.15) is 52.9 Å². The van der Waals surface area contributed by atoms with Crippen LogP contribution in [0.3, 0.4) is 0 Å². The van der Waals surface area contributed by atoms with Gasteiger partial charge in [-0.25, -0.2) is 18.0 Å². The molecule has 0 aliphatic carbocycles. The molecule has 4 aromatic rings. The molecule has 35 heavy (non-hydrogen) atoms. The van der Waals surface area contributed by atoms with E-state index in [0.29, 0.717) is 22.8 Å². The van der Waals surface area contributed by atoms with Crippen LogP contribution in [0.15, 0.2) is 36.7 Å². The van der Waals surface area contributed by atoms with Gasteiger partial charge in [0.2, 0.25) is 0 Å². The van der Waals surface area contributed by atoms with Crippen LogP contribution in [0.4, 0.5) is 8.78 Å². The predicted octanol–water partition coefficient (Wildman–Crippen LogP) is 3.09. The summed E-state index contributed by atoms with van der Waals surface area (Å²) in [6.45, 7) is 3.47. The molecule has 11 heteroatoms. The fraction of sp³-hybridized carbons (Fsp3) is 0.333. The van der Waals surface area contributed by atoms with E-state index >= 15 is 0 Å². The lowest BCUT2D eigenvalue weighted by Crippen LogP contribution is -2.30. The second-order valence-corrected chi connectivity index (χ2v) is 8.50. The zero-order valence-electron chi connectivity index (χ0n) is 18.9. The number of hydrogen-bond donors (Lipinski definition) is 2. The average Bonchev–Trinajstić information content (AvgIpc) is 3.46. The smallest absolute Gasteiger partial charge is 0.147 e. The minimum atomic E-state index is -1.35. The summed E-state index contributed by atoms with van der Waals surface area (Å²) in [6, 6.07) is 6.99. The maximum Gasteiger partial charge on any atom is 0.147 e. The molecule has 1 unspecified atom stereocenters. The van der Waals surface area contributed by atoms with Crippen molar-refractivity contribution in [2.75, 3.05) is 19.7 Å². The highest BCUT2D eigenvalue weighted by atomic mass is 19.1. The van der Waals surface area contributed by atoms with Gasteiger partial charge in [0, 0.05) is 23.4 Å². The number of fused-ring (bicyclic) bond motifs is 1. The zero-order valence-corrected chi connectivity index (χ0v) is 18.9. The predicted molar refractivity (Wildman–Crippen MR) is 122 cm³/mol. The number of hydrogen-bond acceptors (Lipinski definition) is 7. The fourth-order valence-corrected chi connectivity index (χ4v) is 4.44. The number of rotatable bonds is 6. The molecule has 4 heterocycles. The standard InChI is InChI=1S/C24H23F2N7O2/c1-14-23(30-31-33(14)18-4-6-28-7-5-18)15-8-22(24-16(10-27)11-29-32(24)12-15)35-13-21(34)19-3-2-17(25)9-20(19)26/h2-3,8-9,11-12,18,21,28,34H,4-7,13H2,1H3. The first-order valence-electron chi connectivity index (χ1n) is 11.3. The maximum absolute atomic E-state index is 14.1. The molecule has 0 radical (unpaired) electrons. The monoisotopic (exact) mass is 479 g/mol. The molecule has 9 nitrogen and oxygen atoms in total. The minimum Gasteiger partial charge on any atom is -0.488 e. The first-order chi connectivity index (χ1) is 17.0. The summed E-state index contributed by atoms with van der Waals surface area (Å²) >= 11 is 0. The van der Waals surface area contributed by atoms with Gasteiger partial charge < -0.3 is 15.2 Å². The summed E-state index contributed by atoms with van der Waals surface area (Å²) in [4.78, 5) is 0. The van der Waals surface area contributed by atoms with Gasteiger partial charge in [-0.2, -0.15) is 10.4 Å². The van der Waals surface area contributed by atoms with Crippen LogP contribution in [0.2, 0.25) is 0 Å². The summed E-state index contributed by atoms with van der Waals surface area (Å²) in [5.74, 6) is -1.33. The molecule has 1 aromatic carbocycles. The molecule has 1 fully saturated rings. The quantitative estimate of drug-likeness (QED) is 0.437. The van der Waals surface area contributed by atoms with E-state index < -0.39 is 17.7 Å². The highest BCUT2D eigenvalue weighted by molar-refractivity contribution is 5.74. The Balaban J connectivity index is 1.49. The lowest BCUT2D eigenvalue weighted by atomic mass is 10.1. The van der Waals surface area contributed by atoms with Crippen molar-refractivity contribution in [2.24, 2.45) is 0 Å². The number of piperidine rings is 1. The SMILES string of the molecule is Cc1c(-c2cc(OCC(O)c3ccc(F)cc3F)c3c(C#N)cnn3c2)nnn1C1CCNCC1. The molecule has 2 N–H and O–H groups in total. The van der Waals surface area contributed by atoms with Gasteiger partial charge in [-0.1, -0.05) is 11.3 Å². The summed E-state index contributed by atoms with van der Waals surface area (Å²) in [6.07, 6.45) is 3.72. The van der Waals surface area contributed by atoms with Gasteiger partial charge in [-0.15, -0.1) is 5.10 Å². The Morgan fingerprint density at radius 3 is 2.83 bits per heavy atom. The molecule has 3 aromatic heterocycles. The minimum absolute atomic E-state index is 0.0895. The second-order valence-electron chi connectivity index (χ2n) is 8.50. The lowest BCUT2D eigenvalue weighted by Gasteiger charge is -2.23. The molecule has 180 valence electrons. The molecule has 1 aliphatic heterocycles.